The topological polar surface area (TPSA) is 87.8 Å². The highest BCUT2D eigenvalue weighted by Gasteiger charge is 2.20. The Bertz CT molecular complexity index is 755. The van der Waals surface area contributed by atoms with Crippen molar-refractivity contribution in [2.75, 3.05) is 13.7 Å². The largest absolute Gasteiger partial charge is 0.497 e. The molecule has 1 amide bonds. The Morgan fingerprint density at radius 2 is 1.72 bits per heavy atom. The number of amides is 1. The average molecular weight is 343 g/mol. The summed E-state index contributed by atoms with van der Waals surface area (Å²) in [5.74, 6) is 0.537. The Morgan fingerprint density at radius 3 is 2.28 bits per heavy atom. The molecule has 0 aliphatic carbocycles. The highest BCUT2D eigenvalue weighted by Crippen LogP contribution is 2.26. The van der Waals surface area contributed by atoms with Gasteiger partial charge in [-0.15, -0.1) is 0 Å². The summed E-state index contributed by atoms with van der Waals surface area (Å²) in [4.78, 5) is 24.1. The lowest BCUT2D eigenvalue weighted by Gasteiger charge is -2.16. The highest BCUT2D eigenvalue weighted by atomic mass is 16.5. The van der Waals surface area contributed by atoms with Crippen molar-refractivity contribution < 1.29 is 23.8 Å². The van der Waals surface area contributed by atoms with Gasteiger partial charge in [0.05, 0.1) is 19.3 Å². The molecule has 0 aliphatic rings. The Labute approximate surface area is 146 Å². The van der Waals surface area contributed by atoms with Gasteiger partial charge in [0.15, 0.2) is 6.10 Å². The molecule has 1 unspecified atom stereocenters. The van der Waals surface area contributed by atoms with Gasteiger partial charge in [0, 0.05) is 11.6 Å². The number of Topliss-reactive ketones (excluding diaryl/α,β-unsaturated/α-hetero) is 1. The monoisotopic (exact) mass is 343 g/mol. The summed E-state index contributed by atoms with van der Waals surface area (Å²) in [6, 6.07) is 11.4. The zero-order valence-corrected chi connectivity index (χ0v) is 14.4. The van der Waals surface area contributed by atoms with Crippen LogP contribution in [0.15, 0.2) is 42.5 Å². The molecule has 0 aromatic heterocycles. The van der Waals surface area contributed by atoms with E-state index in [9.17, 15) is 9.59 Å². The van der Waals surface area contributed by atoms with Crippen LogP contribution in [0.4, 0.5) is 0 Å². The number of carbonyl (C=O) groups is 2. The van der Waals surface area contributed by atoms with Gasteiger partial charge in [-0.05, 0) is 50.2 Å². The van der Waals surface area contributed by atoms with Crippen LogP contribution in [0.5, 0.6) is 17.2 Å². The first kappa shape index (κ1) is 18.3. The lowest BCUT2D eigenvalue weighted by Crippen LogP contribution is -2.25. The van der Waals surface area contributed by atoms with Crippen LogP contribution < -0.4 is 19.9 Å². The summed E-state index contributed by atoms with van der Waals surface area (Å²) in [7, 11) is 1.50. The number of hydrogen-bond acceptors (Lipinski definition) is 5. The van der Waals surface area contributed by atoms with Crippen molar-refractivity contribution in [1.82, 2.24) is 0 Å². The van der Waals surface area contributed by atoms with E-state index in [-0.39, 0.29) is 17.1 Å². The Balaban J connectivity index is 2.19. The number of rotatable bonds is 8. The molecule has 0 saturated heterocycles. The second-order valence-corrected chi connectivity index (χ2v) is 5.31. The van der Waals surface area contributed by atoms with Crippen LogP contribution in [0.25, 0.3) is 0 Å². The highest BCUT2D eigenvalue weighted by molar-refractivity contribution is 6.00. The molecule has 0 radical (unpaired) electrons. The normalized spacial score (nSPS) is 11.5. The number of ketones is 1. The third kappa shape index (κ3) is 4.50. The number of hydrogen-bond donors (Lipinski definition) is 1. The van der Waals surface area contributed by atoms with Gasteiger partial charge in [-0.25, -0.2) is 0 Å². The Morgan fingerprint density at radius 1 is 1.08 bits per heavy atom. The molecule has 2 aromatic rings. The lowest BCUT2D eigenvalue weighted by molar-refractivity contribution is 0.0810. The summed E-state index contributed by atoms with van der Waals surface area (Å²) in [6.45, 7) is 4.06. The van der Waals surface area contributed by atoms with Crippen LogP contribution in [-0.4, -0.2) is 31.5 Å². The number of nitrogens with two attached hydrogens (primary N) is 1. The molecule has 1 atom stereocenters. The van der Waals surface area contributed by atoms with Gasteiger partial charge in [-0.3, -0.25) is 9.59 Å². The van der Waals surface area contributed by atoms with E-state index in [0.29, 0.717) is 23.7 Å². The fourth-order valence-electron chi connectivity index (χ4n) is 2.29. The molecule has 0 bridgehead atoms. The zero-order valence-electron chi connectivity index (χ0n) is 14.4. The molecule has 6 nitrogen and oxygen atoms in total. The van der Waals surface area contributed by atoms with Crippen LogP contribution in [0, 0.1) is 0 Å². The van der Waals surface area contributed by atoms with Crippen molar-refractivity contribution in [2.45, 2.75) is 20.0 Å². The van der Waals surface area contributed by atoms with Gasteiger partial charge >= 0.3 is 0 Å². The standard InChI is InChI=1S/C19H21NO5/c1-4-24-14-7-5-13(6-8-14)18(21)12(2)25-17-11-15(23-3)9-10-16(17)19(20)22/h5-12H,4H2,1-3H3,(H2,20,22). The first-order valence-electron chi connectivity index (χ1n) is 7.87. The second kappa shape index (κ2) is 8.19. The van der Waals surface area contributed by atoms with Crippen molar-refractivity contribution in [1.29, 1.82) is 0 Å². The van der Waals surface area contributed by atoms with Crippen LogP contribution in [-0.2, 0) is 0 Å². The van der Waals surface area contributed by atoms with E-state index in [1.165, 1.54) is 19.2 Å². The molecule has 2 rings (SSSR count). The molecule has 2 N–H and O–H groups in total. The lowest BCUT2D eigenvalue weighted by atomic mass is 10.1. The van der Waals surface area contributed by atoms with Crippen molar-refractivity contribution >= 4 is 11.7 Å². The molecule has 0 heterocycles. The molecular weight excluding hydrogens is 322 g/mol. The minimum Gasteiger partial charge on any atom is -0.497 e. The van der Waals surface area contributed by atoms with Gasteiger partial charge < -0.3 is 19.9 Å². The van der Waals surface area contributed by atoms with Crippen LogP contribution in [0.2, 0.25) is 0 Å². The summed E-state index contributed by atoms with van der Waals surface area (Å²) < 4.78 is 16.2. The van der Waals surface area contributed by atoms with E-state index in [1.807, 2.05) is 6.92 Å². The van der Waals surface area contributed by atoms with E-state index in [1.54, 1.807) is 37.3 Å². The van der Waals surface area contributed by atoms with Crippen molar-refractivity contribution in [3.63, 3.8) is 0 Å². The summed E-state index contributed by atoms with van der Waals surface area (Å²) in [5, 5.41) is 0. The predicted molar refractivity (Wildman–Crippen MR) is 93.5 cm³/mol. The molecule has 25 heavy (non-hydrogen) atoms. The molecule has 6 heteroatoms. The number of primary amides is 1. The SMILES string of the molecule is CCOc1ccc(C(=O)C(C)Oc2cc(OC)ccc2C(N)=O)cc1. The Kier molecular flexibility index (Phi) is 6.00. The molecular formula is C19H21NO5. The molecule has 0 saturated carbocycles. The maximum Gasteiger partial charge on any atom is 0.252 e. The predicted octanol–water partition coefficient (Wildman–Crippen LogP) is 2.84. The number of ether oxygens (including phenoxy) is 3. The first-order chi connectivity index (χ1) is 12.0. The summed E-state index contributed by atoms with van der Waals surface area (Å²) in [5.41, 5.74) is 6.03. The van der Waals surface area contributed by atoms with E-state index in [2.05, 4.69) is 0 Å². The van der Waals surface area contributed by atoms with Crippen LogP contribution in [0.1, 0.15) is 34.6 Å². The van der Waals surface area contributed by atoms with Gasteiger partial charge in [-0.1, -0.05) is 0 Å². The average Bonchev–Trinajstić information content (AvgIpc) is 2.61. The maximum atomic E-state index is 12.5. The zero-order chi connectivity index (χ0) is 18.4. The van der Waals surface area contributed by atoms with Gasteiger partial charge in [0.25, 0.3) is 5.91 Å². The summed E-state index contributed by atoms with van der Waals surface area (Å²) in [6.07, 6.45) is -0.803. The first-order valence-corrected chi connectivity index (χ1v) is 7.87. The van der Waals surface area contributed by atoms with E-state index >= 15 is 0 Å². The van der Waals surface area contributed by atoms with Crippen molar-refractivity contribution in [2.24, 2.45) is 5.73 Å². The molecule has 2 aromatic carbocycles. The van der Waals surface area contributed by atoms with E-state index in [4.69, 9.17) is 19.9 Å². The fourth-order valence-corrected chi connectivity index (χ4v) is 2.29. The minimum atomic E-state index is -0.803. The van der Waals surface area contributed by atoms with Crippen molar-refractivity contribution in [3.8, 4) is 17.2 Å². The second-order valence-electron chi connectivity index (χ2n) is 5.31. The molecule has 0 fully saturated rings. The number of methoxy groups -OCH3 is 1. The van der Waals surface area contributed by atoms with E-state index < -0.39 is 12.0 Å². The third-order valence-electron chi connectivity index (χ3n) is 3.58. The molecule has 0 spiro atoms. The van der Waals surface area contributed by atoms with Crippen molar-refractivity contribution in [3.05, 3.63) is 53.6 Å². The van der Waals surface area contributed by atoms with E-state index in [0.717, 1.165) is 0 Å². The minimum absolute atomic E-state index is 0.187. The third-order valence-corrected chi connectivity index (χ3v) is 3.58. The smallest absolute Gasteiger partial charge is 0.252 e. The van der Waals surface area contributed by atoms with Crippen LogP contribution >= 0.6 is 0 Å². The summed E-state index contributed by atoms with van der Waals surface area (Å²) >= 11 is 0. The quantitative estimate of drug-likeness (QED) is 0.745. The van der Waals surface area contributed by atoms with Gasteiger partial charge in [0.1, 0.15) is 17.2 Å². The number of benzene rings is 2. The molecule has 132 valence electrons. The maximum absolute atomic E-state index is 12.5. The Hall–Kier alpha value is -3.02. The number of carbonyl (C=O) groups excluding carboxylic acids is 2. The molecule has 0 aliphatic heterocycles. The van der Waals surface area contributed by atoms with Gasteiger partial charge in [0.2, 0.25) is 5.78 Å². The fraction of sp³-hybridized carbons (Fsp3) is 0.263. The van der Waals surface area contributed by atoms with Crippen LogP contribution in [0.3, 0.4) is 0 Å². The van der Waals surface area contributed by atoms with Gasteiger partial charge in [-0.2, -0.15) is 0 Å².